The number of carbonyl (C=O) groups is 1. The van der Waals surface area contributed by atoms with Gasteiger partial charge < -0.3 is 20.2 Å². The predicted octanol–water partition coefficient (Wildman–Crippen LogP) is 2.28. The molecular weight excluding hydrogens is 337 g/mol. The summed E-state index contributed by atoms with van der Waals surface area (Å²) in [5, 5.41) is 19.9. The van der Waals surface area contributed by atoms with E-state index >= 15 is 0 Å². The minimum Gasteiger partial charge on any atom is -0.465 e. The van der Waals surface area contributed by atoms with E-state index in [0.29, 0.717) is 12.8 Å². The van der Waals surface area contributed by atoms with E-state index in [2.05, 4.69) is 0 Å². The maximum Gasteiger partial charge on any atom is 0.407 e. The molecule has 25 heavy (non-hydrogen) atoms. The second-order valence-corrected chi connectivity index (χ2v) is 5.81. The van der Waals surface area contributed by atoms with Gasteiger partial charge in [0, 0.05) is 25.1 Å². The molecule has 1 aromatic heterocycles. The number of hydrogen-bond donors (Lipinski definition) is 2. The molecule has 0 atom stereocenters. The quantitative estimate of drug-likeness (QED) is 0.480. The largest absolute Gasteiger partial charge is 0.465 e. The van der Waals surface area contributed by atoms with Gasteiger partial charge in [0.05, 0.1) is 10.3 Å². The molecule has 0 bridgehead atoms. The molecule has 1 fully saturated rings. The number of anilines is 1. The Labute approximate surface area is 139 Å². The van der Waals surface area contributed by atoms with Gasteiger partial charge in [-0.3, -0.25) is 14.9 Å². The van der Waals surface area contributed by atoms with Gasteiger partial charge in [-0.15, -0.1) is 0 Å². The summed E-state index contributed by atoms with van der Waals surface area (Å²) in [4.78, 5) is 34.8. The summed E-state index contributed by atoms with van der Waals surface area (Å²) in [6.45, 7) is 0.519. The highest BCUT2D eigenvalue weighted by molar-refractivity contribution is 5.91. The highest BCUT2D eigenvalue weighted by Crippen LogP contribution is 2.35. The van der Waals surface area contributed by atoms with Gasteiger partial charge in [0.25, 0.3) is 0 Å². The lowest BCUT2D eigenvalue weighted by molar-refractivity contribution is -0.382. The number of nitrogen functional groups attached to an aromatic ring is 1. The molecule has 0 saturated carbocycles. The van der Waals surface area contributed by atoms with Gasteiger partial charge in [0.1, 0.15) is 5.76 Å². The zero-order valence-corrected chi connectivity index (χ0v) is 12.9. The lowest BCUT2D eigenvalue weighted by Gasteiger charge is -2.29. The van der Waals surface area contributed by atoms with E-state index < -0.39 is 33.6 Å². The van der Waals surface area contributed by atoms with Gasteiger partial charge in [0.15, 0.2) is 16.9 Å². The maximum atomic E-state index is 13.8. The van der Waals surface area contributed by atoms with Crippen LogP contribution >= 0.6 is 0 Å². The van der Waals surface area contributed by atoms with Crippen LogP contribution in [-0.2, 0) is 0 Å². The van der Waals surface area contributed by atoms with Crippen LogP contribution in [0.25, 0.3) is 11.0 Å². The Kier molecular flexibility index (Phi) is 4.03. The van der Waals surface area contributed by atoms with Gasteiger partial charge in [-0.25, -0.2) is 9.18 Å². The third-order valence-corrected chi connectivity index (χ3v) is 4.35. The van der Waals surface area contributed by atoms with Gasteiger partial charge in [-0.05, 0) is 18.9 Å². The molecule has 1 amide bonds. The fourth-order valence-corrected chi connectivity index (χ4v) is 3.01. The minimum atomic E-state index is -1.06. The highest BCUT2D eigenvalue weighted by Gasteiger charge is 2.29. The fourth-order valence-electron chi connectivity index (χ4n) is 3.01. The van der Waals surface area contributed by atoms with Crippen LogP contribution in [0.1, 0.15) is 24.5 Å². The van der Waals surface area contributed by atoms with E-state index in [1.54, 1.807) is 0 Å². The van der Waals surface area contributed by atoms with Crippen LogP contribution in [-0.4, -0.2) is 34.1 Å². The Morgan fingerprint density at radius 2 is 2.04 bits per heavy atom. The van der Waals surface area contributed by atoms with Crippen molar-refractivity contribution in [2.45, 2.75) is 18.8 Å². The van der Waals surface area contributed by atoms with Crippen LogP contribution in [0.15, 0.2) is 21.3 Å². The van der Waals surface area contributed by atoms with Crippen molar-refractivity contribution in [3.8, 4) is 0 Å². The molecule has 9 nitrogen and oxygen atoms in total. The van der Waals surface area contributed by atoms with Crippen LogP contribution in [0.3, 0.4) is 0 Å². The normalized spacial score (nSPS) is 15.5. The minimum absolute atomic E-state index is 0.205. The lowest BCUT2D eigenvalue weighted by Crippen LogP contribution is -2.36. The van der Waals surface area contributed by atoms with Gasteiger partial charge in [-0.2, -0.15) is 0 Å². The molecule has 3 rings (SSSR count). The van der Waals surface area contributed by atoms with Crippen molar-refractivity contribution in [3.63, 3.8) is 0 Å². The Bertz CT molecular complexity index is 933. The molecule has 2 heterocycles. The number of likely N-dealkylation sites (tertiary alicyclic amines) is 1. The SMILES string of the molecule is Nc1c(F)cc2c(=O)cc(C3CCN(C(=O)O)CC3)oc2c1[N+](=O)[O-]. The highest BCUT2D eigenvalue weighted by atomic mass is 19.1. The summed E-state index contributed by atoms with van der Waals surface area (Å²) < 4.78 is 19.3. The first-order valence-corrected chi connectivity index (χ1v) is 7.47. The van der Waals surface area contributed by atoms with Crippen molar-refractivity contribution >= 4 is 28.4 Å². The number of piperidine rings is 1. The number of hydrogen-bond acceptors (Lipinski definition) is 6. The molecular formula is C15H14FN3O6. The van der Waals surface area contributed by atoms with E-state index in [0.717, 1.165) is 6.07 Å². The van der Waals surface area contributed by atoms with E-state index in [1.165, 1.54) is 11.0 Å². The van der Waals surface area contributed by atoms with Crippen molar-refractivity contribution in [2.75, 3.05) is 18.8 Å². The second-order valence-electron chi connectivity index (χ2n) is 5.81. The zero-order chi connectivity index (χ0) is 18.3. The van der Waals surface area contributed by atoms with Crippen LogP contribution in [0, 0.1) is 15.9 Å². The number of nitrogens with zero attached hydrogens (tertiary/aromatic N) is 2. The number of nitro benzene ring substituents is 1. The topological polar surface area (TPSA) is 140 Å². The molecule has 1 aliphatic rings. The number of benzene rings is 1. The number of carboxylic acid groups (broad SMARTS) is 1. The lowest BCUT2D eigenvalue weighted by atomic mass is 9.94. The van der Waals surface area contributed by atoms with Gasteiger partial charge in [0.2, 0.25) is 5.58 Å². The monoisotopic (exact) mass is 351 g/mol. The summed E-state index contributed by atoms with van der Waals surface area (Å²) in [7, 11) is 0. The Morgan fingerprint density at radius 1 is 1.40 bits per heavy atom. The molecule has 0 aliphatic carbocycles. The summed E-state index contributed by atoms with van der Waals surface area (Å²) in [6.07, 6.45) is -0.214. The molecule has 3 N–H and O–H groups in total. The van der Waals surface area contributed by atoms with E-state index in [4.69, 9.17) is 15.3 Å². The number of rotatable bonds is 2. The van der Waals surface area contributed by atoms with Crippen LogP contribution < -0.4 is 11.2 Å². The van der Waals surface area contributed by atoms with Crippen molar-refractivity contribution < 1.29 is 23.6 Å². The average Bonchev–Trinajstić information content (AvgIpc) is 2.56. The van der Waals surface area contributed by atoms with Crippen molar-refractivity contribution in [1.29, 1.82) is 0 Å². The maximum absolute atomic E-state index is 13.8. The van der Waals surface area contributed by atoms with Gasteiger partial charge in [-0.1, -0.05) is 0 Å². The molecule has 1 saturated heterocycles. The number of amides is 1. The summed E-state index contributed by atoms with van der Waals surface area (Å²) in [6, 6.07) is 1.99. The second kappa shape index (κ2) is 6.04. The molecule has 2 aromatic rings. The summed E-state index contributed by atoms with van der Waals surface area (Å²) in [5.74, 6) is -1.12. The molecule has 0 radical (unpaired) electrons. The standard InChI is InChI=1S/C15H14FN3O6/c16-9-5-8-10(20)6-11(7-1-3-18(4-2-7)15(21)22)25-14(8)13(12(9)17)19(23)24/h5-7H,1-4,17H2,(H,21,22). The van der Waals surface area contributed by atoms with Crippen LogP contribution in [0.5, 0.6) is 0 Å². The summed E-state index contributed by atoms with van der Waals surface area (Å²) in [5.41, 5.74) is 2.97. The number of halogens is 1. The summed E-state index contributed by atoms with van der Waals surface area (Å²) >= 11 is 0. The number of nitro groups is 1. The third-order valence-electron chi connectivity index (χ3n) is 4.35. The van der Waals surface area contributed by atoms with E-state index in [9.17, 15) is 24.1 Å². The zero-order valence-electron chi connectivity index (χ0n) is 12.9. The molecule has 1 aliphatic heterocycles. The predicted molar refractivity (Wildman–Crippen MR) is 85.1 cm³/mol. The number of fused-ring (bicyclic) bond motifs is 1. The first-order chi connectivity index (χ1) is 11.8. The van der Waals surface area contributed by atoms with Crippen molar-refractivity contribution in [2.24, 2.45) is 0 Å². The Balaban J connectivity index is 2.09. The third kappa shape index (κ3) is 2.86. The van der Waals surface area contributed by atoms with Gasteiger partial charge >= 0.3 is 11.8 Å². The number of nitrogens with two attached hydrogens (primary N) is 1. The van der Waals surface area contributed by atoms with Crippen molar-refractivity contribution in [1.82, 2.24) is 4.90 Å². The Hall–Kier alpha value is -3.17. The molecule has 0 spiro atoms. The van der Waals surface area contributed by atoms with Crippen LogP contribution in [0.4, 0.5) is 20.6 Å². The Morgan fingerprint density at radius 3 is 2.60 bits per heavy atom. The molecule has 132 valence electrons. The van der Waals surface area contributed by atoms with E-state index in [-0.39, 0.29) is 35.7 Å². The first kappa shape index (κ1) is 16.7. The van der Waals surface area contributed by atoms with Crippen LogP contribution in [0.2, 0.25) is 0 Å². The van der Waals surface area contributed by atoms with E-state index in [1.807, 2.05) is 0 Å². The molecule has 1 aromatic carbocycles. The fraction of sp³-hybridized carbons (Fsp3) is 0.333. The van der Waals surface area contributed by atoms with Crippen molar-refractivity contribution in [3.05, 3.63) is 44.0 Å². The smallest absolute Gasteiger partial charge is 0.407 e. The molecule has 10 heteroatoms. The average molecular weight is 351 g/mol. The first-order valence-electron chi connectivity index (χ1n) is 7.47. The molecule has 0 unspecified atom stereocenters.